The normalized spacial score (nSPS) is 28.5. The van der Waals surface area contributed by atoms with Crippen LogP contribution in [0.3, 0.4) is 0 Å². The SMILES string of the molecule is O=C(OC1CC2COCC(C1)N2)c1c[nH]c2ccccc12. The number of rotatable bonds is 2. The first-order chi connectivity index (χ1) is 10.3. The van der Waals surface area contributed by atoms with Gasteiger partial charge < -0.3 is 19.8 Å². The number of esters is 1. The Kier molecular flexibility index (Phi) is 3.16. The number of carbonyl (C=O) groups is 1. The quantitative estimate of drug-likeness (QED) is 0.827. The highest BCUT2D eigenvalue weighted by Gasteiger charge is 2.34. The van der Waals surface area contributed by atoms with E-state index in [2.05, 4.69) is 10.3 Å². The van der Waals surface area contributed by atoms with Crippen LogP contribution in [0.15, 0.2) is 30.5 Å². The first-order valence-electron chi connectivity index (χ1n) is 7.40. The van der Waals surface area contributed by atoms with Crippen molar-refractivity contribution >= 4 is 16.9 Å². The molecule has 2 atom stereocenters. The van der Waals surface area contributed by atoms with E-state index in [4.69, 9.17) is 9.47 Å². The zero-order valence-electron chi connectivity index (χ0n) is 11.7. The van der Waals surface area contributed by atoms with Gasteiger partial charge in [-0.3, -0.25) is 0 Å². The Bertz CT molecular complexity index is 654. The van der Waals surface area contributed by atoms with Gasteiger partial charge in [0.2, 0.25) is 0 Å². The smallest absolute Gasteiger partial charge is 0.340 e. The molecule has 0 spiro atoms. The molecule has 0 aliphatic carbocycles. The zero-order valence-corrected chi connectivity index (χ0v) is 11.7. The van der Waals surface area contributed by atoms with Crippen LogP contribution >= 0.6 is 0 Å². The fourth-order valence-corrected chi connectivity index (χ4v) is 3.34. The van der Waals surface area contributed by atoms with E-state index in [9.17, 15) is 4.79 Å². The molecular formula is C16H18N2O3. The van der Waals surface area contributed by atoms with Gasteiger partial charge in [0.05, 0.1) is 18.8 Å². The fourth-order valence-electron chi connectivity index (χ4n) is 3.34. The summed E-state index contributed by atoms with van der Waals surface area (Å²) >= 11 is 0. The Morgan fingerprint density at radius 2 is 1.95 bits per heavy atom. The van der Waals surface area contributed by atoms with Gasteiger partial charge in [0, 0.05) is 42.0 Å². The number of benzene rings is 1. The second-order valence-corrected chi connectivity index (χ2v) is 5.84. The van der Waals surface area contributed by atoms with Crippen molar-refractivity contribution in [3.05, 3.63) is 36.0 Å². The predicted octanol–water partition coefficient (Wildman–Crippen LogP) is 1.84. The van der Waals surface area contributed by atoms with Crippen LogP contribution in [-0.2, 0) is 9.47 Å². The van der Waals surface area contributed by atoms with Crippen molar-refractivity contribution in [2.45, 2.75) is 31.0 Å². The van der Waals surface area contributed by atoms with Crippen molar-refractivity contribution in [2.75, 3.05) is 13.2 Å². The van der Waals surface area contributed by atoms with E-state index in [1.54, 1.807) is 6.20 Å². The lowest BCUT2D eigenvalue weighted by molar-refractivity contribution is -0.0339. The molecule has 2 aliphatic rings. The van der Waals surface area contributed by atoms with Gasteiger partial charge in [0.25, 0.3) is 0 Å². The molecule has 2 N–H and O–H groups in total. The van der Waals surface area contributed by atoms with E-state index in [0.717, 1.165) is 23.7 Å². The molecule has 2 aliphatic heterocycles. The van der Waals surface area contributed by atoms with Crippen LogP contribution in [0.25, 0.3) is 10.9 Å². The number of aromatic amines is 1. The summed E-state index contributed by atoms with van der Waals surface area (Å²) in [5.74, 6) is -0.238. The number of hydrogen-bond acceptors (Lipinski definition) is 4. The summed E-state index contributed by atoms with van der Waals surface area (Å²) in [6.45, 7) is 1.41. The molecule has 5 nitrogen and oxygen atoms in total. The lowest BCUT2D eigenvalue weighted by atomic mass is 9.94. The Morgan fingerprint density at radius 3 is 2.76 bits per heavy atom. The summed E-state index contributed by atoms with van der Waals surface area (Å²) in [4.78, 5) is 15.5. The molecule has 2 bridgehead atoms. The van der Waals surface area contributed by atoms with Crippen LogP contribution in [0.5, 0.6) is 0 Å². The Hall–Kier alpha value is -1.85. The number of aromatic nitrogens is 1. The monoisotopic (exact) mass is 286 g/mol. The molecule has 21 heavy (non-hydrogen) atoms. The summed E-state index contributed by atoms with van der Waals surface area (Å²) in [6, 6.07) is 8.38. The number of piperidine rings is 1. The van der Waals surface area contributed by atoms with Crippen LogP contribution in [0.4, 0.5) is 0 Å². The van der Waals surface area contributed by atoms with Gasteiger partial charge in [-0.2, -0.15) is 0 Å². The van der Waals surface area contributed by atoms with Crippen LogP contribution < -0.4 is 5.32 Å². The van der Waals surface area contributed by atoms with E-state index in [1.807, 2.05) is 24.3 Å². The maximum Gasteiger partial charge on any atom is 0.340 e. The summed E-state index contributed by atoms with van der Waals surface area (Å²) in [7, 11) is 0. The highest BCUT2D eigenvalue weighted by molar-refractivity contribution is 6.04. The number of hydrogen-bond donors (Lipinski definition) is 2. The molecule has 3 heterocycles. The number of nitrogens with one attached hydrogen (secondary N) is 2. The number of morpholine rings is 1. The molecule has 5 heteroatoms. The molecule has 0 radical (unpaired) electrons. The third-order valence-corrected chi connectivity index (χ3v) is 4.29. The minimum absolute atomic E-state index is 0.0219. The second kappa shape index (κ2) is 5.16. The van der Waals surface area contributed by atoms with Crippen molar-refractivity contribution < 1.29 is 14.3 Å². The average molecular weight is 286 g/mol. The van der Waals surface area contributed by atoms with Gasteiger partial charge in [0.15, 0.2) is 0 Å². The maximum atomic E-state index is 12.4. The molecule has 0 saturated carbocycles. The number of carbonyl (C=O) groups excluding carboxylic acids is 1. The van der Waals surface area contributed by atoms with Crippen LogP contribution in [0.1, 0.15) is 23.2 Å². The van der Waals surface area contributed by atoms with E-state index in [0.29, 0.717) is 30.9 Å². The van der Waals surface area contributed by atoms with Gasteiger partial charge in [-0.15, -0.1) is 0 Å². The number of fused-ring (bicyclic) bond motifs is 3. The summed E-state index contributed by atoms with van der Waals surface area (Å²) in [5.41, 5.74) is 1.57. The molecule has 2 unspecified atom stereocenters. The van der Waals surface area contributed by atoms with E-state index in [1.165, 1.54) is 0 Å². The van der Waals surface area contributed by atoms with E-state index in [-0.39, 0.29) is 12.1 Å². The number of H-pyrrole nitrogens is 1. The van der Waals surface area contributed by atoms with E-state index >= 15 is 0 Å². The summed E-state index contributed by atoms with van der Waals surface area (Å²) < 4.78 is 11.2. The van der Waals surface area contributed by atoms with Crippen molar-refractivity contribution in [3.8, 4) is 0 Å². The molecule has 1 aromatic carbocycles. The summed E-state index contributed by atoms with van der Waals surface area (Å²) in [6.07, 6.45) is 3.36. The third-order valence-electron chi connectivity index (χ3n) is 4.29. The lowest BCUT2D eigenvalue weighted by Crippen LogP contribution is -2.56. The minimum Gasteiger partial charge on any atom is -0.459 e. The van der Waals surface area contributed by atoms with Crippen LogP contribution in [0.2, 0.25) is 0 Å². The average Bonchev–Trinajstić information content (AvgIpc) is 2.91. The lowest BCUT2D eigenvalue weighted by Gasteiger charge is -2.39. The maximum absolute atomic E-state index is 12.4. The Labute approximate surface area is 122 Å². The highest BCUT2D eigenvalue weighted by atomic mass is 16.5. The van der Waals surface area contributed by atoms with Crippen LogP contribution in [-0.4, -0.2) is 42.4 Å². The Morgan fingerprint density at radius 1 is 1.19 bits per heavy atom. The molecule has 4 rings (SSSR count). The predicted molar refractivity (Wildman–Crippen MR) is 78.3 cm³/mol. The highest BCUT2D eigenvalue weighted by Crippen LogP contribution is 2.24. The minimum atomic E-state index is -0.238. The van der Waals surface area contributed by atoms with Crippen molar-refractivity contribution in [2.24, 2.45) is 0 Å². The van der Waals surface area contributed by atoms with Gasteiger partial charge in [-0.25, -0.2) is 4.79 Å². The zero-order chi connectivity index (χ0) is 14.2. The molecule has 0 amide bonds. The van der Waals surface area contributed by atoms with Crippen molar-refractivity contribution in [3.63, 3.8) is 0 Å². The fraction of sp³-hybridized carbons (Fsp3) is 0.438. The van der Waals surface area contributed by atoms with Crippen LogP contribution in [0, 0.1) is 0 Å². The molecule has 1 aromatic heterocycles. The largest absolute Gasteiger partial charge is 0.459 e. The number of para-hydroxylation sites is 1. The van der Waals surface area contributed by atoms with Gasteiger partial charge in [-0.1, -0.05) is 18.2 Å². The van der Waals surface area contributed by atoms with Gasteiger partial charge >= 0.3 is 5.97 Å². The topological polar surface area (TPSA) is 63.4 Å². The van der Waals surface area contributed by atoms with Gasteiger partial charge in [0.1, 0.15) is 6.10 Å². The summed E-state index contributed by atoms with van der Waals surface area (Å²) in [5, 5.41) is 4.41. The molecule has 2 saturated heterocycles. The molecule has 110 valence electrons. The molecule has 2 fully saturated rings. The molecular weight excluding hydrogens is 268 g/mol. The standard InChI is InChI=1S/C16H18N2O3/c19-16(14-7-17-15-4-2-1-3-13(14)15)21-12-5-10-8-20-9-11(6-12)18-10/h1-4,7,10-12,17-18H,5-6,8-9H2. The second-order valence-electron chi connectivity index (χ2n) is 5.84. The van der Waals surface area contributed by atoms with E-state index < -0.39 is 0 Å². The van der Waals surface area contributed by atoms with Gasteiger partial charge in [-0.05, 0) is 6.07 Å². The molecule has 2 aromatic rings. The Balaban J connectivity index is 1.50. The number of ether oxygens (including phenoxy) is 2. The van der Waals surface area contributed by atoms with Crippen molar-refractivity contribution in [1.29, 1.82) is 0 Å². The van der Waals surface area contributed by atoms with Crippen molar-refractivity contribution in [1.82, 2.24) is 10.3 Å². The first-order valence-corrected chi connectivity index (χ1v) is 7.40. The first kappa shape index (κ1) is 12.9. The third kappa shape index (κ3) is 2.43.